The number of rotatable bonds is 5. The van der Waals surface area contributed by atoms with Crippen LogP contribution >= 0.6 is 0 Å². The van der Waals surface area contributed by atoms with Crippen LogP contribution in [0, 0.1) is 0 Å². The summed E-state index contributed by atoms with van der Waals surface area (Å²) in [6, 6.07) is 74.9. The quantitative estimate of drug-likeness (QED) is 0.172. The van der Waals surface area contributed by atoms with E-state index in [1.165, 1.54) is 88.1 Å². The minimum Gasteiger partial charge on any atom is -0.488 e. The Bertz CT molecular complexity index is 3400. The molecule has 3 nitrogen and oxygen atoms in total. The molecule has 0 spiro atoms. The maximum atomic E-state index is 6.32. The highest BCUT2D eigenvalue weighted by molar-refractivity contribution is 6.13. The van der Waals surface area contributed by atoms with Gasteiger partial charge in [-0.15, -0.1) is 0 Å². The molecule has 58 heavy (non-hydrogen) atoms. The Labute approximate surface area is 336 Å². The highest BCUT2D eigenvalue weighted by atomic mass is 16.5. The molecule has 2 aromatic heterocycles. The maximum absolute atomic E-state index is 6.32. The fourth-order valence-corrected chi connectivity index (χ4v) is 9.32. The molecule has 0 unspecified atom stereocenters. The van der Waals surface area contributed by atoms with Gasteiger partial charge in [0.2, 0.25) is 0 Å². The SMILES string of the molecule is c1ccc(-c2cccc(-c3cccc(-n4c5ccccc5c5cc(-c6ccc7c(c6)c6ccccc6n7-c6cccc7c6-c6ccccc6CO7)ccc54)c3)c2)cc1. The lowest BCUT2D eigenvalue weighted by Crippen LogP contribution is -2.08. The van der Waals surface area contributed by atoms with E-state index in [1.54, 1.807) is 0 Å². The van der Waals surface area contributed by atoms with Gasteiger partial charge in [-0.25, -0.2) is 0 Å². The second-order valence-corrected chi connectivity index (χ2v) is 15.3. The molecule has 0 radical (unpaired) electrons. The van der Waals surface area contributed by atoms with Crippen LogP contribution in [0.2, 0.25) is 0 Å². The number of para-hydroxylation sites is 2. The standard InChI is InChI=1S/C55H36N2O/c1-2-13-36(14-3-1)37-16-10-17-38(31-37)39-18-11-19-43(32-39)56-49-23-8-6-21-45(49)47-33-40(27-29-51(47)56)41-28-30-52-48(34-41)46-22-7-9-24-50(46)57(52)53-25-12-26-54-55(53)44-20-5-4-15-42(44)35-58-54/h1-34H,35H2. The van der Waals surface area contributed by atoms with Crippen LogP contribution in [0.1, 0.15) is 5.56 Å². The second kappa shape index (κ2) is 13.0. The first-order valence-electron chi connectivity index (χ1n) is 19.9. The molecule has 0 fully saturated rings. The highest BCUT2D eigenvalue weighted by Crippen LogP contribution is 2.45. The van der Waals surface area contributed by atoms with Crippen LogP contribution in [-0.4, -0.2) is 9.13 Å². The number of aromatic nitrogens is 2. The Morgan fingerprint density at radius 1 is 0.345 bits per heavy atom. The van der Waals surface area contributed by atoms with Crippen molar-refractivity contribution in [2.45, 2.75) is 6.61 Å². The number of hydrogen-bond acceptors (Lipinski definition) is 1. The van der Waals surface area contributed by atoms with Crippen LogP contribution in [0.25, 0.3) is 99.5 Å². The molecule has 0 aliphatic carbocycles. The van der Waals surface area contributed by atoms with Crippen molar-refractivity contribution in [3.63, 3.8) is 0 Å². The summed E-state index contributed by atoms with van der Waals surface area (Å²) >= 11 is 0. The van der Waals surface area contributed by atoms with E-state index in [0.29, 0.717) is 6.61 Å². The fraction of sp³-hybridized carbons (Fsp3) is 0.0182. The van der Waals surface area contributed by atoms with E-state index in [4.69, 9.17) is 4.74 Å². The van der Waals surface area contributed by atoms with Crippen LogP contribution in [0.3, 0.4) is 0 Å². The molecular formula is C55H36N2O. The number of hydrogen-bond donors (Lipinski definition) is 0. The van der Waals surface area contributed by atoms with E-state index in [2.05, 4.69) is 215 Å². The topological polar surface area (TPSA) is 19.1 Å². The first kappa shape index (κ1) is 32.6. The van der Waals surface area contributed by atoms with Gasteiger partial charge in [-0.2, -0.15) is 0 Å². The summed E-state index contributed by atoms with van der Waals surface area (Å²) in [7, 11) is 0. The van der Waals surface area contributed by atoms with Crippen molar-refractivity contribution in [2.24, 2.45) is 0 Å². The average Bonchev–Trinajstić information content (AvgIpc) is 3.81. The Morgan fingerprint density at radius 3 is 1.64 bits per heavy atom. The molecule has 1 aliphatic rings. The summed E-state index contributed by atoms with van der Waals surface area (Å²) in [5.74, 6) is 0.926. The van der Waals surface area contributed by atoms with Gasteiger partial charge >= 0.3 is 0 Å². The molecule has 0 saturated heterocycles. The summed E-state index contributed by atoms with van der Waals surface area (Å²) in [6.07, 6.45) is 0. The monoisotopic (exact) mass is 740 g/mol. The maximum Gasteiger partial charge on any atom is 0.129 e. The van der Waals surface area contributed by atoms with Crippen LogP contribution in [0.4, 0.5) is 0 Å². The van der Waals surface area contributed by atoms with Crippen molar-refractivity contribution in [1.82, 2.24) is 9.13 Å². The number of fused-ring (bicyclic) bond motifs is 9. The molecule has 0 atom stereocenters. The van der Waals surface area contributed by atoms with Gasteiger partial charge in [0.15, 0.2) is 0 Å². The molecule has 0 bridgehead atoms. The number of nitrogens with zero attached hydrogens (tertiary/aromatic N) is 2. The van der Waals surface area contributed by atoms with E-state index in [1.807, 2.05) is 0 Å². The summed E-state index contributed by atoms with van der Waals surface area (Å²) in [5.41, 5.74) is 17.8. The Hall–Kier alpha value is -7.62. The van der Waals surface area contributed by atoms with Gasteiger partial charge in [0.1, 0.15) is 12.4 Å². The lowest BCUT2D eigenvalue weighted by Gasteiger charge is -2.24. The zero-order valence-corrected chi connectivity index (χ0v) is 31.6. The molecule has 0 saturated carbocycles. The van der Waals surface area contributed by atoms with E-state index >= 15 is 0 Å². The van der Waals surface area contributed by atoms with Gasteiger partial charge in [0.05, 0.1) is 27.8 Å². The van der Waals surface area contributed by atoms with Crippen molar-refractivity contribution in [3.05, 3.63) is 212 Å². The first-order chi connectivity index (χ1) is 28.8. The van der Waals surface area contributed by atoms with E-state index in [9.17, 15) is 0 Å². The van der Waals surface area contributed by atoms with Gasteiger partial charge in [-0.05, 0) is 111 Å². The van der Waals surface area contributed by atoms with E-state index < -0.39 is 0 Å². The molecule has 1 aliphatic heterocycles. The summed E-state index contributed by atoms with van der Waals surface area (Å²) < 4.78 is 11.1. The third-order valence-electron chi connectivity index (χ3n) is 12.0. The molecule has 9 aromatic carbocycles. The van der Waals surface area contributed by atoms with Gasteiger partial charge < -0.3 is 13.9 Å². The van der Waals surface area contributed by atoms with Gasteiger partial charge in [0.25, 0.3) is 0 Å². The van der Waals surface area contributed by atoms with Crippen molar-refractivity contribution in [1.29, 1.82) is 0 Å². The molecular weight excluding hydrogens is 705 g/mol. The number of benzene rings is 9. The number of ether oxygens (including phenoxy) is 1. The van der Waals surface area contributed by atoms with Gasteiger partial charge in [-0.1, -0.05) is 140 Å². The van der Waals surface area contributed by atoms with Gasteiger partial charge in [0, 0.05) is 32.8 Å². The van der Waals surface area contributed by atoms with Crippen LogP contribution in [0.5, 0.6) is 5.75 Å². The van der Waals surface area contributed by atoms with Crippen molar-refractivity contribution >= 4 is 43.6 Å². The van der Waals surface area contributed by atoms with E-state index in [0.717, 1.165) is 22.7 Å². The summed E-state index contributed by atoms with van der Waals surface area (Å²) in [5, 5.41) is 4.94. The fourth-order valence-electron chi connectivity index (χ4n) is 9.32. The average molecular weight is 741 g/mol. The zero-order valence-electron chi connectivity index (χ0n) is 31.6. The minimum atomic E-state index is 0.586. The van der Waals surface area contributed by atoms with Crippen LogP contribution < -0.4 is 4.74 Å². The van der Waals surface area contributed by atoms with Crippen LogP contribution in [-0.2, 0) is 6.61 Å². The lowest BCUT2D eigenvalue weighted by atomic mass is 9.95. The van der Waals surface area contributed by atoms with Crippen molar-refractivity contribution < 1.29 is 4.74 Å². The molecule has 0 N–H and O–H groups in total. The molecule has 272 valence electrons. The minimum absolute atomic E-state index is 0.586. The Morgan fingerprint density at radius 2 is 0.879 bits per heavy atom. The molecule has 3 heteroatoms. The Balaban J connectivity index is 0.988. The normalized spacial score (nSPS) is 12.2. The molecule has 12 rings (SSSR count). The first-order valence-corrected chi connectivity index (χ1v) is 19.9. The predicted octanol–water partition coefficient (Wildman–Crippen LogP) is 14.4. The predicted molar refractivity (Wildman–Crippen MR) is 241 cm³/mol. The Kier molecular flexibility index (Phi) is 7.29. The summed E-state index contributed by atoms with van der Waals surface area (Å²) in [4.78, 5) is 0. The third-order valence-corrected chi connectivity index (χ3v) is 12.0. The largest absolute Gasteiger partial charge is 0.488 e. The smallest absolute Gasteiger partial charge is 0.129 e. The summed E-state index contributed by atoms with van der Waals surface area (Å²) in [6.45, 7) is 0.586. The second-order valence-electron chi connectivity index (χ2n) is 15.3. The molecule has 3 heterocycles. The highest BCUT2D eigenvalue weighted by Gasteiger charge is 2.24. The molecule has 0 amide bonds. The molecule has 11 aromatic rings. The van der Waals surface area contributed by atoms with Crippen LogP contribution in [0.15, 0.2) is 206 Å². The third kappa shape index (κ3) is 5.07. The van der Waals surface area contributed by atoms with E-state index in [-0.39, 0.29) is 0 Å². The zero-order chi connectivity index (χ0) is 38.2. The van der Waals surface area contributed by atoms with Crippen molar-refractivity contribution in [2.75, 3.05) is 0 Å². The van der Waals surface area contributed by atoms with Crippen molar-refractivity contribution in [3.8, 4) is 61.6 Å². The lowest BCUT2D eigenvalue weighted by molar-refractivity contribution is 0.302. The van der Waals surface area contributed by atoms with Gasteiger partial charge in [-0.3, -0.25) is 0 Å².